The molecule has 0 aromatic heterocycles. The summed E-state index contributed by atoms with van der Waals surface area (Å²) in [6, 6.07) is 4.18. The Morgan fingerprint density at radius 3 is 2.45 bits per heavy atom. The molecule has 1 N–H and O–H groups in total. The van der Waals surface area contributed by atoms with Gasteiger partial charge in [0.15, 0.2) is 0 Å². The molecule has 0 spiro atoms. The van der Waals surface area contributed by atoms with Gasteiger partial charge >= 0.3 is 6.18 Å². The minimum Gasteiger partial charge on any atom is -0.310 e. The van der Waals surface area contributed by atoms with Crippen molar-refractivity contribution in [2.75, 3.05) is 6.54 Å². The van der Waals surface area contributed by atoms with E-state index in [1.165, 1.54) is 6.07 Å². The van der Waals surface area contributed by atoms with Crippen LogP contribution in [0.5, 0.6) is 0 Å². The molecule has 0 bridgehead atoms. The van der Waals surface area contributed by atoms with Crippen LogP contribution in [-0.4, -0.2) is 6.54 Å². The van der Waals surface area contributed by atoms with Crippen molar-refractivity contribution in [2.24, 2.45) is 0 Å². The van der Waals surface area contributed by atoms with Gasteiger partial charge in [0.2, 0.25) is 0 Å². The molecule has 1 nitrogen and oxygen atoms in total. The molecule has 0 aliphatic rings. The Morgan fingerprint density at radius 2 is 1.90 bits per heavy atom. The Balaban J connectivity index is 3.05. The Hall–Kier alpha value is -0.550. The zero-order chi connectivity index (χ0) is 15.2. The van der Waals surface area contributed by atoms with Gasteiger partial charge in [0.25, 0.3) is 0 Å². The molecule has 1 atom stereocenters. The fourth-order valence-electron chi connectivity index (χ4n) is 2.29. The van der Waals surface area contributed by atoms with Crippen LogP contribution < -0.4 is 5.32 Å². The highest BCUT2D eigenvalue weighted by Crippen LogP contribution is 2.37. The fraction of sp³-hybridized carbons (Fsp3) is 0.600. The quantitative estimate of drug-likeness (QED) is 0.621. The lowest BCUT2D eigenvalue weighted by molar-refractivity contribution is -0.138. The van der Waals surface area contributed by atoms with Crippen molar-refractivity contribution < 1.29 is 13.2 Å². The van der Waals surface area contributed by atoms with E-state index in [0.29, 0.717) is 16.6 Å². The minimum absolute atomic E-state index is 0.240. The Bertz CT molecular complexity index is 418. The predicted octanol–water partition coefficient (Wildman–Crippen LogP) is 5.70. The van der Waals surface area contributed by atoms with E-state index in [2.05, 4.69) is 28.2 Å². The van der Waals surface area contributed by atoms with Gasteiger partial charge in [-0.05, 0) is 30.7 Å². The molecule has 5 heteroatoms. The zero-order valence-electron chi connectivity index (χ0n) is 11.9. The summed E-state index contributed by atoms with van der Waals surface area (Å²) >= 11 is 3.12. The molecule has 20 heavy (non-hydrogen) atoms. The van der Waals surface area contributed by atoms with Crippen molar-refractivity contribution in [1.29, 1.82) is 0 Å². The van der Waals surface area contributed by atoms with Gasteiger partial charge in [0.05, 0.1) is 5.56 Å². The number of benzene rings is 1. The van der Waals surface area contributed by atoms with E-state index in [-0.39, 0.29) is 6.04 Å². The number of halogens is 4. The van der Waals surface area contributed by atoms with Gasteiger partial charge in [-0.2, -0.15) is 13.2 Å². The predicted molar refractivity (Wildman–Crippen MR) is 79.7 cm³/mol. The largest absolute Gasteiger partial charge is 0.416 e. The lowest BCUT2D eigenvalue weighted by atomic mass is 9.95. The van der Waals surface area contributed by atoms with E-state index in [0.717, 1.165) is 25.7 Å². The third kappa shape index (κ3) is 5.09. The van der Waals surface area contributed by atoms with Crippen LogP contribution >= 0.6 is 15.9 Å². The molecule has 1 aromatic carbocycles. The van der Waals surface area contributed by atoms with Crippen molar-refractivity contribution in [3.8, 4) is 0 Å². The summed E-state index contributed by atoms with van der Waals surface area (Å²) in [5.41, 5.74) is -0.201. The van der Waals surface area contributed by atoms with E-state index >= 15 is 0 Å². The first-order valence-corrected chi connectivity index (χ1v) is 7.79. The average Bonchev–Trinajstić information content (AvgIpc) is 2.37. The van der Waals surface area contributed by atoms with Crippen molar-refractivity contribution >= 4 is 15.9 Å². The SMILES string of the molecule is CCCCCC(NCC)c1ccc(Br)cc1C(F)(F)F. The summed E-state index contributed by atoms with van der Waals surface area (Å²) in [6.07, 6.45) is -0.559. The van der Waals surface area contributed by atoms with Crippen LogP contribution in [0.3, 0.4) is 0 Å². The second-order valence-electron chi connectivity index (χ2n) is 4.84. The molecule has 1 unspecified atom stereocenters. The number of hydrogen-bond acceptors (Lipinski definition) is 1. The van der Waals surface area contributed by atoms with Crippen molar-refractivity contribution in [3.05, 3.63) is 33.8 Å². The Labute approximate surface area is 127 Å². The van der Waals surface area contributed by atoms with Crippen molar-refractivity contribution in [3.63, 3.8) is 0 Å². The minimum atomic E-state index is -4.32. The van der Waals surface area contributed by atoms with E-state index in [4.69, 9.17) is 0 Å². The first-order valence-electron chi connectivity index (χ1n) is 7.00. The van der Waals surface area contributed by atoms with Crippen LogP contribution in [0.4, 0.5) is 13.2 Å². The number of alkyl halides is 3. The normalized spacial score (nSPS) is 13.5. The fourth-order valence-corrected chi connectivity index (χ4v) is 2.65. The van der Waals surface area contributed by atoms with Crippen molar-refractivity contribution in [1.82, 2.24) is 5.32 Å². The molecule has 0 fully saturated rings. The van der Waals surface area contributed by atoms with E-state index in [1.54, 1.807) is 12.1 Å². The zero-order valence-corrected chi connectivity index (χ0v) is 13.4. The highest BCUT2D eigenvalue weighted by molar-refractivity contribution is 9.10. The molecule has 0 aliphatic carbocycles. The molecule has 1 rings (SSSR count). The van der Waals surface area contributed by atoms with Crippen LogP contribution in [0.1, 0.15) is 56.7 Å². The molecule has 114 valence electrons. The maximum absolute atomic E-state index is 13.2. The monoisotopic (exact) mass is 351 g/mol. The van der Waals surface area contributed by atoms with Crippen LogP contribution in [0.2, 0.25) is 0 Å². The smallest absolute Gasteiger partial charge is 0.310 e. The number of rotatable bonds is 7. The van der Waals surface area contributed by atoms with Gasteiger partial charge in [-0.15, -0.1) is 0 Å². The maximum Gasteiger partial charge on any atom is 0.416 e. The van der Waals surface area contributed by atoms with Crippen LogP contribution in [0, 0.1) is 0 Å². The number of unbranched alkanes of at least 4 members (excludes halogenated alkanes) is 2. The Kier molecular flexibility index (Phi) is 7.03. The standard InChI is InChI=1S/C15H21BrF3N/c1-3-5-6-7-14(20-4-2)12-9-8-11(16)10-13(12)15(17,18)19/h8-10,14,20H,3-7H2,1-2H3. The van der Waals surface area contributed by atoms with Gasteiger partial charge in [0.1, 0.15) is 0 Å². The molecular weight excluding hydrogens is 331 g/mol. The average molecular weight is 352 g/mol. The first kappa shape index (κ1) is 17.5. The topological polar surface area (TPSA) is 12.0 Å². The van der Waals surface area contributed by atoms with E-state index in [9.17, 15) is 13.2 Å². The van der Waals surface area contributed by atoms with Gasteiger partial charge in [0, 0.05) is 10.5 Å². The summed E-state index contributed by atoms with van der Waals surface area (Å²) in [5, 5.41) is 3.17. The van der Waals surface area contributed by atoms with Gasteiger partial charge in [-0.1, -0.05) is 55.1 Å². The molecule has 0 aliphatic heterocycles. The second-order valence-corrected chi connectivity index (χ2v) is 5.75. The number of nitrogens with one attached hydrogen (secondary N) is 1. The molecular formula is C15H21BrF3N. The van der Waals surface area contributed by atoms with Crippen LogP contribution in [0.25, 0.3) is 0 Å². The summed E-state index contributed by atoms with van der Waals surface area (Å²) < 4.78 is 40.0. The molecule has 0 saturated carbocycles. The van der Waals surface area contributed by atoms with Gasteiger partial charge < -0.3 is 5.32 Å². The Morgan fingerprint density at radius 1 is 1.20 bits per heavy atom. The molecule has 0 heterocycles. The van der Waals surface area contributed by atoms with Gasteiger partial charge in [-0.3, -0.25) is 0 Å². The van der Waals surface area contributed by atoms with Crippen LogP contribution in [-0.2, 0) is 6.18 Å². The lowest BCUT2D eigenvalue weighted by Gasteiger charge is -2.23. The molecule has 0 radical (unpaired) electrons. The third-order valence-corrected chi connectivity index (χ3v) is 3.74. The van der Waals surface area contributed by atoms with Crippen molar-refractivity contribution in [2.45, 2.75) is 51.7 Å². The summed E-state index contributed by atoms with van der Waals surface area (Å²) in [7, 11) is 0. The van der Waals surface area contributed by atoms with Crippen LogP contribution in [0.15, 0.2) is 22.7 Å². The highest BCUT2D eigenvalue weighted by Gasteiger charge is 2.35. The number of hydrogen-bond donors (Lipinski definition) is 1. The highest BCUT2D eigenvalue weighted by atomic mass is 79.9. The lowest BCUT2D eigenvalue weighted by Crippen LogP contribution is -2.24. The van der Waals surface area contributed by atoms with E-state index in [1.807, 2.05) is 6.92 Å². The third-order valence-electron chi connectivity index (χ3n) is 3.24. The maximum atomic E-state index is 13.2. The van der Waals surface area contributed by atoms with Gasteiger partial charge in [-0.25, -0.2) is 0 Å². The molecule has 0 saturated heterocycles. The molecule has 0 amide bonds. The summed E-state index contributed by atoms with van der Waals surface area (Å²) in [5.74, 6) is 0. The molecule has 1 aromatic rings. The first-order chi connectivity index (χ1) is 9.40. The second kappa shape index (κ2) is 8.03. The summed E-state index contributed by atoms with van der Waals surface area (Å²) in [6.45, 7) is 4.66. The summed E-state index contributed by atoms with van der Waals surface area (Å²) in [4.78, 5) is 0. The van der Waals surface area contributed by atoms with E-state index < -0.39 is 11.7 Å².